The number of aromatic nitrogens is 1. The van der Waals surface area contributed by atoms with Gasteiger partial charge >= 0.3 is 0 Å². The minimum Gasteiger partial charge on any atom is -0.497 e. The first kappa shape index (κ1) is 17.7. The van der Waals surface area contributed by atoms with Crippen LogP contribution in [0.15, 0.2) is 42.5 Å². The number of hydrogen-bond donors (Lipinski definition) is 0. The van der Waals surface area contributed by atoms with Crippen molar-refractivity contribution in [2.45, 2.75) is 18.9 Å². The average Bonchev–Trinajstić information content (AvgIpc) is 3.09. The molecule has 1 amide bonds. The van der Waals surface area contributed by atoms with E-state index in [0.717, 1.165) is 16.0 Å². The van der Waals surface area contributed by atoms with Gasteiger partial charge in [0.05, 0.1) is 22.9 Å². The number of carbonyl (C=O) groups excluding carboxylic acids is 1. The summed E-state index contributed by atoms with van der Waals surface area (Å²) in [5.41, 5.74) is 1.000. The number of methoxy groups -OCH3 is 1. The highest BCUT2D eigenvalue weighted by Gasteiger charge is 2.26. The lowest BCUT2D eigenvalue weighted by molar-refractivity contribution is 0.0591. The summed E-state index contributed by atoms with van der Waals surface area (Å²) < 4.78 is 26.1. The standard InChI is InChI=1S/C20H19FN2O3S/c1-25-14-6-7-17-18(12-14)27-20(22-17)26-13-8-10-23(11-9-13)19(24)15-4-2-3-5-16(15)21/h2-7,12-13H,8-11H2,1H3. The fourth-order valence-corrected chi connectivity index (χ4v) is 4.10. The Morgan fingerprint density at radius 1 is 1.22 bits per heavy atom. The highest BCUT2D eigenvalue weighted by atomic mass is 32.1. The molecule has 0 spiro atoms. The van der Waals surface area contributed by atoms with Crippen molar-refractivity contribution < 1.29 is 18.7 Å². The van der Waals surface area contributed by atoms with Crippen LogP contribution in [0.1, 0.15) is 23.2 Å². The van der Waals surface area contributed by atoms with Gasteiger partial charge in [-0.15, -0.1) is 0 Å². The van der Waals surface area contributed by atoms with Gasteiger partial charge in [0.25, 0.3) is 11.1 Å². The number of fused-ring (bicyclic) bond motifs is 1. The summed E-state index contributed by atoms with van der Waals surface area (Å²) >= 11 is 1.48. The maximum absolute atomic E-state index is 13.8. The van der Waals surface area contributed by atoms with Crippen LogP contribution in [-0.2, 0) is 0 Å². The first-order valence-corrected chi connectivity index (χ1v) is 9.61. The molecule has 1 fully saturated rings. The molecule has 2 heterocycles. The molecule has 27 heavy (non-hydrogen) atoms. The Morgan fingerprint density at radius 3 is 2.74 bits per heavy atom. The molecule has 1 saturated heterocycles. The van der Waals surface area contributed by atoms with Crippen molar-refractivity contribution in [1.82, 2.24) is 9.88 Å². The smallest absolute Gasteiger partial charge is 0.274 e. The zero-order valence-electron chi connectivity index (χ0n) is 14.9. The molecule has 0 bridgehead atoms. The summed E-state index contributed by atoms with van der Waals surface area (Å²) in [4.78, 5) is 18.7. The summed E-state index contributed by atoms with van der Waals surface area (Å²) in [7, 11) is 1.63. The Labute approximate surface area is 160 Å². The number of amides is 1. The Bertz CT molecular complexity index is 967. The topological polar surface area (TPSA) is 51.7 Å². The van der Waals surface area contributed by atoms with Crippen LogP contribution in [0.2, 0.25) is 0 Å². The molecule has 5 nitrogen and oxygen atoms in total. The molecule has 0 N–H and O–H groups in total. The minimum atomic E-state index is -0.481. The zero-order valence-corrected chi connectivity index (χ0v) is 15.7. The number of halogens is 1. The van der Waals surface area contributed by atoms with E-state index in [1.54, 1.807) is 24.1 Å². The van der Waals surface area contributed by atoms with Gasteiger partial charge in [0, 0.05) is 25.9 Å². The third kappa shape index (κ3) is 3.73. The summed E-state index contributed by atoms with van der Waals surface area (Å²) in [6, 6.07) is 11.8. The molecule has 4 rings (SSSR count). The number of ether oxygens (including phenoxy) is 2. The molecule has 1 aliphatic rings. The van der Waals surface area contributed by atoms with Crippen molar-refractivity contribution in [3.8, 4) is 10.9 Å². The van der Waals surface area contributed by atoms with Crippen LogP contribution in [0.3, 0.4) is 0 Å². The van der Waals surface area contributed by atoms with Crippen LogP contribution in [0.4, 0.5) is 4.39 Å². The van der Waals surface area contributed by atoms with E-state index in [1.165, 1.54) is 23.5 Å². The zero-order chi connectivity index (χ0) is 18.8. The molecule has 0 unspecified atom stereocenters. The van der Waals surface area contributed by atoms with Gasteiger partial charge in [-0.05, 0) is 30.3 Å². The Balaban J connectivity index is 1.38. The quantitative estimate of drug-likeness (QED) is 0.677. The van der Waals surface area contributed by atoms with Gasteiger partial charge in [-0.2, -0.15) is 0 Å². The summed E-state index contributed by atoms with van der Waals surface area (Å²) in [5, 5.41) is 0.622. The summed E-state index contributed by atoms with van der Waals surface area (Å²) in [5.74, 6) is 0.0436. The van der Waals surface area contributed by atoms with Crippen molar-refractivity contribution >= 4 is 27.5 Å². The van der Waals surface area contributed by atoms with Crippen molar-refractivity contribution in [3.05, 3.63) is 53.8 Å². The van der Waals surface area contributed by atoms with E-state index in [4.69, 9.17) is 9.47 Å². The number of likely N-dealkylation sites (tertiary alicyclic amines) is 1. The van der Waals surface area contributed by atoms with Gasteiger partial charge < -0.3 is 14.4 Å². The third-order valence-electron chi connectivity index (χ3n) is 4.68. The highest BCUT2D eigenvalue weighted by Crippen LogP contribution is 2.32. The molecule has 140 valence electrons. The fourth-order valence-electron chi connectivity index (χ4n) is 3.19. The fraction of sp³-hybridized carbons (Fsp3) is 0.300. The molecule has 7 heteroatoms. The lowest BCUT2D eigenvalue weighted by Crippen LogP contribution is -2.42. The maximum atomic E-state index is 13.8. The van der Waals surface area contributed by atoms with Crippen molar-refractivity contribution in [2.24, 2.45) is 0 Å². The molecule has 0 saturated carbocycles. The molecule has 0 atom stereocenters. The average molecular weight is 386 g/mol. The van der Waals surface area contributed by atoms with Crippen LogP contribution in [0.25, 0.3) is 10.2 Å². The molecular weight excluding hydrogens is 367 g/mol. The summed E-state index contributed by atoms with van der Waals surface area (Å²) in [6.45, 7) is 1.08. The van der Waals surface area contributed by atoms with E-state index in [-0.39, 0.29) is 17.6 Å². The van der Waals surface area contributed by atoms with Crippen LogP contribution in [0.5, 0.6) is 10.9 Å². The van der Waals surface area contributed by atoms with Gasteiger partial charge in [0.15, 0.2) is 0 Å². The van der Waals surface area contributed by atoms with Gasteiger partial charge in [0.2, 0.25) is 0 Å². The normalized spacial score (nSPS) is 15.1. The second-order valence-corrected chi connectivity index (χ2v) is 7.40. The lowest BCUT2D eigenvalue weighted by Gasteiger charge is -2.31. The summed E-state index contributed by atoms with van der Waals surface area (Å²) in [6.07, 6.45) is 1.39. The van der Waals surface area contributed by atoms with Gasteiger partial charge in [-0.25, -0.2) is 9.37 Å². The van der Waals surface area contributed by atoms with Crippen LogP contribution >= 0.6 is 11.3 Å². The van der Waals surface area contributed by atoms with Gasteiger partial charge in [-0.3, -0.25) is 4.79 Å². The number of carbonyl (C=O) groups is 1. The SMILES string of the molecule is COc1ccc2nc(OC3CCN(C(=O)c4ccccc4F)CC3)sc2c1. The Morgan fingerprint density at radius 2 is 2.00 bits per heavy atom. The number of hydrogen-bond acceptors (Lipinski definition) is 5. The number of thiazole rings is 1. The molecule has 2 aromatic carbocycles. The van der Waals surface area contributed by atoms with E-state index >= 15 is 0 Å². The molecule has 1 aromatic heterocycles. The maximum Gasteiger partial charge on any atom is 0.274 e. The van der Waals surface area contributed by atoms with E-state index in [1.807, 2.05) is 18.2 Å². The Kier molecular flexibility index (Phi) is 4.94. The van der Waals surface area contributed by atoms with Crippen LogP contribution < -0.4 is 9.47 Å². The monoisotopic (exact) mass is 386 g/mol. The van der Waals surface area contributed by atoms with Crippen molar-refractivity contribution in [3.63, 3.8) is 0 Å². The first-order valence-electron chi connectivity index (χ1n) is 8.79. The van der Waals surface area contributed by atoms with Crippen molar-refractivity contribution in [2.75, 3.05) is 20.2 Å². The van der Waals surface area contributed by atoms with Crippen LogP contribution in [-0.4, -0.2) is 42.1 Å². The number of piperidine rings is 1. The van der Waals surface area contributed by atoms with E-state index in [9.17, 15) is 9.18 Å². The largest absolute Gasteiger partial charge is 0.497 e. The van der Waals surface area contributed by atoms with Crippen molar-refractivity contribution in [1.29, 1.82) is 0 Å². The molecule has 0 radical (unpaired) electrons. The van der Waals surface area contributed by atoms with Crippen LogP contribution in [0, 0.1) is 5.82 Å². The highest BCUT2D eigenvalue weighted by molar-refractivity contribution is 7.20. The lowest BCUT2D eigenvalue weighted by atomic mass is 10.1. The molecular formula is C20H19FN2O3S. The van der Waals surface area contributed by atoms with E-state index in [0.29, 0.717) is 31.1 Å². The van der Waals surface area contributed by atoms with Gasteiger partial charge in [0.1, 0.15) is 17.7 Å². The van der Waals surface area contributed by atoms with E-state index < -0.39 is 5.82 Å². The minimum absolute atomic E-state index is 0.00266. The van der Waals surface area contributed by atoms with E-state index in [2.05, 4.69) is 4.98 Å². The second kappa shape index (κ2) is 7.52. The Hall–Kier alpha value is -2.67. The number of benzene rings is 2. The number of rotatable bonds is 4. The predicted octanol–water partition coefficient (Wildman–Crippen LogP) is 4.13. The number of nitrogens with zero attached hydrogens (tertiary/aromatic N) is 2. The van der Waals surface area contributed by atoms with Gasteiger partial charge in [-0.1, -0.05) is 23.5 Å². The molecule has 1 aliphatic heterocycles. The second-order valence-electron chi connectivity index (χ2n) is 6.40. The molecule has 3 aromatic rings. The third-order valence-corrected chi connectivity index (χ3v) is 5.59. The first-order chi connectivity index (χ1) is 13.1. The molecule has 0 aliphatic carbocycles. The predicted molar refractivity (Wildman–Crippen MR) is 102 cm³/mol.